The molecule has 6 heteroatoms. The van der Waals surface area contributed by atoms with E-state index in [1.807, 2.05) is 13.8 Å². The maximum Gasteiger partial charge on any atom is 0.311 e. The summed E-state index contributed by atoms with van der Waals surface area (Å²) in [6.07, 6.45) is 5.76. The van der Waals surface area contributed by atoms with Crippen LogP contribution in [0.4, 0.5) is 0 Å². The molecule has 0 spiro atoms. The molecule has 1 aliphatic carbocycles. The van der Waals surface area contributed by atoms with E-state index < -0.39 is 11.4 Å². The summed E-state index contributed by atoms with van der Waals surface area (Å²) in [5, 5.41) is 21.6. The maximum absolute atomic E-state index is 11.7. The summed E-state index contributed by atoms with van der Waals surface area (Å²) in [6, 6.07) is 0. The Kier molecular flexibility index (Phi) is 4.96. The zero-order valence-electron chi connectivity index (χ0n) is 13.2. The van der Waals surface area contributed by atoms with Gasteiger partial charge in [-0.1, -0.05) is 33.6 Å². The van der Waals surface area contributed by atoms with Gasteiger partial charge in [0.25, 0.3) is 0 Å². The molecule has 0 amide bonds. The molecule has 0 unspecified atom stereocenters. The Morgan fingerprint density at radius 2 is 1.90 bits per heavy atom. The average Bonchev–Trinajstić information content (AvgIpc) is 2.93. The Labute approximate surface area is 125 Å². The third-order valence-corrected chi connectivity index (χ3v) is 5.20. The number of aliphatic carboxylic acids is 1. The molecular weight excluding hydrogens is 268 g/mol. The second-order valence-corrected chi connectivity index (χ2v) is 6.44. The molecule has 1 saturated carbocycles. The highest BCUT2D eigenvalue weighted by molar-refractivity contribution is 5.74. The van der Waals surface area contributed by atoms with E-state index in [1.165, 1.54) is 12.8 Å². The Balaban J connectivity index is 2.18. The summed E-state index contributed by atoms with van der Waals surface area (Å²) < 4.78 is 1.74. The number of carboxylic acids is 1. The lowest BCUT2D eigenvalue weighted by Crippen LogP contribution is -2.35. The minimum absolute atomic E-state index is 0.365. The molecule has 1 aliphatic rings. The molecular formula is C15H26N4O2. The molecule has 21 heavy (non-hydrogen) atoms. The molecule has 0 bridgehead atoms. The molecule has 1 N–H and O–H groups in total. The van der Waals surface area contributed by atoms with Crippen LogP contribution >= 0.6 is 0 Å². The molecule has 0 saturated heterocycles. The first kappa shape index (κ1) is 15.9. The molecule has 0 radical (unpaired) electrons. The monoisotopic (exact) mass is 294 g/mol. The quantitative estimate of drug-likeness (QED) is 0.872. The van der Waals surface area contributed by atoms with Gasteiger partial charge in [-0.15, -0.1) is 5.10 Å². The number of carbonyl (C=O) groups is 1. The molecule has 6 nitrogen and oxygen atoms in total. The van der Waals surface area contributed by atoms with E-state index in [0.717, 1.165) is 24.6 Å². The van der Waals surface area contributed by atoms with Crippen molar-refractivity contribution in [2.45, 2.75) is 71.8 Å². The maximum atomic E-state index is 11.7. The molecule has 118 valence electrons. The highest BCUT2D eigenvalue weighted by Crippen LogP contribution is 2.36. The fourth-order valence-corrected chi connectivity index (χ4v) is 3.27. The largest absolute Gasteiger partial charge is 0.481 e. The standard InChI is InChI=1S/C15H26N4O2/c1-4-15(5-2,14(20)21)10-19-13(16-17-18-19)12-8-6-11(3)7-9-12/h11-12H,4-10H2,1-3H3,(H,20,21). The Bertz CT molecular complexity index is 474. The van der Waals surface area contributed by atoms with Crippen molar-refractivity contribution in [3.63, 3.8) is 0 Å². The van der Waals surface area contributed by atoms with Gasteiger partial charge in [-0.3, -0.25) is 4.79 Å². The molecule has 1 heterocycles. The van der Waals surface area contributed by atoms with E-state index in [4.69, 9.17) is 0 Å². The van der Waals surface area contributed by atoms with E-state index in [-0.39, 0.29) is 0 Å². The summed E-state index contributed by atoms with van der Waals surface area (Å²) >= 11 is 0. The van der Waals surface area contributed by atoms with Crippen molar-refractivity contribution in [1.29, 1.82) is 0 Å². The molecule has 1 aromatic rings. The SMILES string of the molecule is CCC(CC)(Cn1nnnc1C1CCC(C)CC1)C(=O)O. The number of tetrazole rings is 1. The summed E-state index contributed by atoms with van der Waals surface area (Å²) in [6.45, 7) is 6.49. The van der Waals surface area contributed by atoms with Gasteiger partial charge in [-0.05, 0) is 42.0 Å². The van der Waals surface area contributed by atoms with Crippen LogP contribution in [0.2, 0.25) is 0 Å². The van der Waals surface area contributed by atoms with Crippen LogP contribution in [0, 0.1) is 11.3 Å². The second kappa shape index (κ2) is 6.54. The minimum atomic E-state index is -0.772. The van der Waals surface area contributed by atoms with Gasteiger partial charge in [0.15, 0.2) is 5.82 Å². The summed E-state index contributed by atoms with van der Waals surface area (Å²) in [5.41, 5.74) is -0.772. The third kappa shape index (κ3) is 3.24. The topological polar surface area (TPSA) is 80.9 Å². The smallest absolute Gasteiger partial charge is 0.311 e. The summed E-state index contributed by atoms with van der Waals surface area (Å²) in [7, 11) is 0. The van der Waals surface area contributed by atoms with E-state index in [9.17, 15) is 9.90 Å². The predicted octanol–water partition coefficient (Wildman–Crippen LogP) is 2.86. The van der Waals surface area contributed by atoms with Crippen molar-refractivity contribution in [2.75, 3.05) is 0 Å². The highest BCUT2D eigenvalue weighted by Gasteiger charge is 2.37. The molecule has 0 aromatic carbocycles. The highest BCUT2D eigenvalue weighted by atomic mass is 16.4. The van der Waals surface area contributed by atoms with Crippen LogP contribution in [-0.2, 0) is 11.3 Å². The van der Waals surface area contributed by atoms with E-state index in [2.05, 4.69) is 22.4 Å². The van der Waals surface area contributed by atoms with Gasteiger partial charge in [0.1, 0.15) is 0 Å². The van der Waals surface area contributed by atoms with Gasteiger partial charge < -0.3 is 5.11 Å². The lowest BCUT2D eigenvalue weighted by Gasteiger charge is -2.29. The predicted molar refractivity (Wildman–Crippen MR) is 78.8 cm³/mol. The lowest BCUT2D eigenvalue weighted by atomic mass is 9.81. The number of carboxylic acid groups (broad SMARTS) is 1. The van der Waals surface area contributed by atoms with Crippen LogP contribution in [0.3, 0.4) is 0 Å². The number of nitrogens with zero attached hydrogens (tertiary/aromatic N) is 4. The second-order valence-electron chi connectivity index (χ2n) is 6.44. The lowest BCUT2D eigenvalue weighted by molar-refractivity contribution is -0.150. The van der Waals surface area contributed by atoms with Crippen LogP contribution in [0.15, 0.2) is 0 Å². The Morgan fingerprint density at radius 1 is 1.29 bits per heavy atom. The van der Waals surface area contributed by atoms with E-state index >= 15 is 0 Å². The minimum Gasteiger partial charge on any atom is -0.481 e. The van der Waals surface area contributed by atoms with E-state index in [1.54, 1.807) is 4.68 Å². The normalized spacial score (nSPS) is 23.2. The van der Waals surface area contributed by atoms with E-state index in [0.29, 0.717) is 25.3 Å². The molecule has 2 rings (SSSR count). The number of aromatic nitrogens is 4. The number of rotatable bonds is 6. The van der Waals surface area contributed by atoms with Crippen LogP contribution in [0.1, 0.15) is 71.0 Å². The summed E-state index contributed by atoms with van der Waals surface area (Å²) in [5.74, 6) is 1.26. The molecule has 1 aromatic heterocycles. The first-order chi connectivity index (χ1) is 10.0. The van der Waals surface area contributed by atoms with Gasteiger partial charge >= 0.3 is 5.97 Å². The zero-order chi connectivity index (χ0) is 15.5. The Morgan fingerprint density at radius 3 is 2.43 bits per heavy atom. The van der Waals surface area contributed by atoms with Gasteiger partial charge in [-0.2, -0.15) is 0 Å². The van der Waals surface area contributed by atoms with Crippen molar-refractivity contribution in [2.24, 2.45) is 11.3 Å². The van der Waals surface area contributed by atoms with Crippen molar-refractivity contribution in [1.82, 2.24) is 20.2 Å². The molecule has 1 fully saturated rings. The number of hydrogen-bond donors (Lipinski definition) is 1. The van der Waals surface area contributed by atoms with Crippen LogP contribution < -0.4 is 0 Å². The Hall–Kier alpha value is -1.46. The molecule has 0 atom stereocenters. The van der Waals surface area contributed by atoms with Gasteiger partial charge in [0.05, 0.1) is 12.0 Å². The number of hydrogen-bond acceptors (Lipinski definition) is 4. The van der Waals surface area contributed by atoms with Crippen LogP contribution in [-0.4, -0.2) is 31.3 Å². The zero-order valence-corrected chi connectivity index (χ0v) is 13.2. The van der Waals surface area contributed by atoms with Gasteiger partial charge in [-0.25, -0.2) is 4.68 Å². The summed E-state index contributed by atoms with van der Waals surface area (Å²) in [4.78, 5) is 11.7. The fourth-order valence-electron chi connectivity index (χ4n) is 3.27. The fraction of sp³-hybridized carbons (Fsp3) is 0.867. The van der Waals surface area contributed by atoms with Crippen molar-refractivity contribution < 1.29 is 9.90 Å². The van der Waals surface area contributed by atoms with Crippen LogP contribution in [0.25, 0.3) is 0 Å². The first-order valence-corrected chi connectivity index (χ1v) is 8.02. The average molecular weight is 294 g/mol. The van der Waals surface area contributed by atoms with Gasteiger partial charge in [0, 0.05) is 5.92 Å². The molecule has 0 aliphatic heterocycles. The van der Waals surface area contributed by atoms with Crippen molar-refractivity contribution in [3.8, 4) is 0 Å². The first-order valence-electron chi connectivity index (χ1n) is 8.02. The third-order valence-electron chi connectivity index (χ3n) is 5.20. The van der Waals surface area contributed by atoms with Crippen molar-refractivity contribution in [3.05, 3.63) is 5.82 Å². The van der Waals surface area contributed by atoms with Crippen LogP contribution in [0.5, 0.6) is 0 Å². The van der Waals surface area contributed by atoms with Crippen molar-refractivity contribution >= 4 is 5.97 Å². The van der Waals surface area contributed by atoms with Gasteiger partial charge in [0.2, 0.25) is 0 Å².